The lowest BCUT2D eigenvalue weighted by atomic mass is 10.2. The second-order valence-electron chi connectivity index (χ2n) is 5.00. The Balaban J connectivity index is 2.11. The van der Waals surface area contributed by atoms with Crippen LogP contribution in [0.1, 0.15) is 19.4 Å². The third kappa shape index (κ3) is 3.94. The van der Waals surface area contributed by atoms with E-state index < -0.39 is 0 Å². The third-order valence-electron chi connectivity index (χ3n) is 3.41. The number of anilines is 1. The highest BCUT2D eigenvalue weighted by Crippen LogP contribution is 2.39. The van der Waals surface area contributed by atoms with Gasteiger partial charge in [0.1, 0.15) is 0 Å². The molecule has 23 heavy (non-hydrogen) atoms. The van der Waals surface area contributed by atoms with E-state index in [-0.39, 0.29) is 11.9 Å². The van der Waals surface area contributed by atoms with Crippen molar-refractivity contribution in [3.8, 4) is 17.2 Å². The van der Waals surface area contributed by atoms with Crippen molar-refractivity contribution in [1.82, 2.24) is 9.78 Å². The van der Waals surface area contributed by atoms with E-state index in [1.54, 1.807) is 23.0 Å². The molecule has 0 aliphatic rings. The molecule has 2 rings (SSSR count). The van der Waals surface area contributed by atoms with Gasteiger partial charge in [0.2, 0.25) is 11.7 Å². The quantitative estimate of drug-likeness (QED) is 0.848. The molecule has 1 heterocycles. The van der Waals surface area contributed by atoms with Gasteiger partial charge in [0.05, 0.1) is 27.4 Å². The number of methoxy groups -OCH3 is 3. The average molecular weight is 319 g/mol. The average Bonchev–Trinajstić information content (AvgIpc) is 3.08. The molecule has 124 valence electrons. The standard InChI is InChI=1S/C16H21N3O4/c1-11(19-7-5-6-17-19)8-15(20)18-12-9-13(21-2)16(23-4)14(10-12)22-3/h5-7,9-11H,8H2,1-4H3,(H,18,20)/t11-/m1/s1. The Bertz CT molecular complexity index is 630. The molecule has 1 N–H and O–H groups in total. The van der Waals surface area contributed by atoms with E-state index in [4.69, 9.17) is 14.2 Å². The highest BCUT2D eigenvalue weighted by Gasteiger charge is 2.16. The summed E-state index contributed by atoms with van der Waals surface area (Å²) in [6.45, 7) is 1.93. The van der Waals surface area contributed by atoms with Gasteiger partial charge in [-0.3, -0.25) is 9.48 Å². The summed E-state index contributed by atoms with van der Waals surface area (Å²) in [6.07, 6.45) is 3.82. The largest absolute Gasteiger partial charge is 0.493 e. The van der Waals surface area contributed by atoms with Crippen molar-refractivity contribution >= 4 is 11.6 Å². The van der Waals surface area contributed by atoms with Crippen LogP contribution in [-0.4, -0.2) is 37.0 Å². The summed E-state index contributed by atoms with van der Waals surface area (Å²) < 4.78 is 17.5. The number of carbonyl (C=O) groups excluding carboxylic acids is 1. The minimum Gasteiger partial charge on any atom is -0.493 e. The van der Waals surface area contributed by atoms with E-state index >= 15 is 0 Å². The molecule has 0 aliphatic heterocycles. The Hall–Kier alpha value is -2.70. The summed E-state index contributed by atoms with van der Waals surface area (Å²) in [5, 5.41) is 6.97. The molecule has 0 aliphatic carbocycles. The van der Waals surface area contributed by atoms with Crippen molar-refractivity contribution in [2.75, 3.05) is 26.6 Å². The second kappa shape index (κ2) is 7.53. The lowest BCUT2D eigenvalue weighted by Crippen LogP contribution is -2.18. The number of benzene rings is 1. The molecule has 0 saturated heterocycles. The van der Waals surface area contributed by atoms with Gasteiger partial charge < -0.3 is 19.5 Å². The number of nitrogens with zero attached hydrogens (tertiary/aromatic N) is 2. The Morgan fingerprint density at radius 2 is 1.87 bits per heavy atom. The molecule has 1 amide bonds. The summed E-state index contributed by atoms with van der Waals surface area (Å²) in [5.41, 5.74) is 0.581. The molecule has 1 aromatic heterocycles. The van der Waals surface area contributed by atoms with Crippen LogP contribution in [0.4, 0.5) is 5.69 Å². The Labute approximate surface area is 135 Å². The minimum absolute atomic E-state index is 0.0351. The number of rotatable bonds is 7. The van der Waals surface area contributed by atoms with Gasteiger partial charge in [-0.15, -0.1) is 0 Å². The molecule has 0 spiro atoms. The van der Waals surface area contributed by atoms with Gasteiger partial charge in [-0.05, 0) is 13.0 Å². The van der Waals surface area contributed by atoms with Crippen molar-refractivity contribution in [3.63, 3.8) is 0 Å². The minimum atomic E-state index is -0.123. The lowest BCUT2D eigenvalue weighted by molar-refractivity contribution is -0.116. The van der Waals surface area contributed by atoms with Crippen LogP contribution >= 0.6 is 0 Å². The summed E-state index contributed by atoms with van der Waals surface area (Å²) >= 11 is 0. The molecule has 7 nitrogen and oxygen atoms in total. The topological polar surface area (TPSA) is 74.6 Å². The van der Waals surface area contributed by atoms with Gasteiger partial charge in [-0.2, -0.15) is 5.10 Å². The first-order chi connectivity index (χ1) is 11.1. The zero-order chi connectivity index (χ0) is 16.8. The van der Waals surface area contributed by atoms with Crippen molar-refractivity contribution in [1.29, 1.82) is 0 Å². The first-order valence-corrected chi connectivity index (χ1v) is 7.18. The SMILES string of the molecule is COc1cc(NC(=O)C[C@@H](C)n2cccn2)cc(OC)c1OC. The maximum Gasteiger partial charge on any atom is 0.226 e. The summed E-state index contributed by atoms with van der Waals surface area (Å²) in [6, 6.07) is 5.18. The van der Waals surface area contributed by atoms with Crippen LogP contribution in [0.25, 0.3) is 0 Å². The molecule has 0 radical (unpaired) electrons. The van der Waals surface area contributed by atoms with Crippen molar-refractivity contribution in [2.24, 2.45) is 0 Å². The normalized spacial score (nSPS) is 11.7. The van der Waals surface area contributed by atoms with Crippen LogP contribution in [0, 0.1) is 0 Å². The fourth-order valence-corrected chi connectivity index (χ4v) is 2.27. The number of nitrogens with one attached hydrogen (secondary N) is 1. The smallest absolute Gasteiger partial charge is 0.226 e. The molecule has 0 bridgehead atoms. The van der Waals surface area contributed by atoms with Crippen molar-refractivity contribution < 1.29 is 19.0 Å². The number of hydrogen-bond acceptors (Lipinski definition) is 5. The second-order valence-corrected chi connectivity index (χ2v) is 5.00. The third-order valence-corrected chi connectivity index (χ3v) is 3.41. The zero-order valence-electron chi connectivity index (χ0n) is 13.7. The number of carbonyl (C=O) groups is 1. The van der Waals surface area contributed by atoms with Gasteiger partial charge in [-0.1, -0.05) is 0 Å². The van der Waals surface area contributed by atoms with E-state index in [2.05, 4.69) is 10.4 Å². The predicted octanol–water partition coefficient (Wildman–Crippen LogP) is 2.50. The van der Waals surface area contributed by atoms with Crippen LogP contribution < -0.4 is 19.5 Å². The number of aromatic nitrogens is 2. The lowest BCUT2D eigenvalue weighted by Gasteiger charge is -2.16. The monoisotopic (exact) mass is 319 g/mol. The molecule has 7 heteroatoms. The van der Waals surface area contributed by atoms with E-state index in [1.807, 2.05) is 19.2 Å². The van der Waals surface area contributed by atoms with Crippen LogP contribution in [-0.2, 0) is 4.79 Å². The van der Waals surface area contributed by atoms with Crippen LogP contribution in [0.2, 0.25) is 0 Å². The number of amides is 1. The number of ether oxygens (including phenoxy) is 3. The summed E-state index contributed by atoms with van der Waals surface area (Å²) in [7, 11) is 4.59. The first kappa shape index (κ1) is 16.7. The Morgan fingerprint density at radius 3 is 2.35 bits per heavy atom. The molecule has 1 atom stereocenters. The fraction of sp³-hybridized carbons (Fsp3) is 0.375. The van der Waals surface area contributed by atoms with Gasteiger partial charge in [0, 0.05) is 36.6 Å². The Morgan fingerprint density at radius 1 is 1.22 bits per heavy atom. The van der Waals surface area contributed by atoms with E-state index in [9.17, 15) is 4.79 Å². The maximum atomic E-state index is 12.2. The van der Waals surface area contributed by atoms with E-state index in [0.29, 0.717) is 29.4 Å². The molecule has 0 unspecified atom stereocenters. The zero-order valence-corrected chi connectivity index (χ0v) is 13.7. The summed E-state index contributed by atoms with van der Waals surface area (Å²) in [5.74, 6) is 1.34. The van der Waals surface area contributed by atoms with Crippen molar-refractivity contribution in [3.05, 3.63) is 30.6 Å². The van der Waals surface area contributed by atoms with Crippen molar-refractivity contribution in [2.45, 2.75) is 19.4 Å². The van der Waals surface area contributed by atoms with Crippen LogP contribution in [0.5, 0.6) is 17.2 Å². The fourth-order valence-electron chi connectivity index (χ4n) is 2.27. The first-order valence-electron chi connectivity index (χ1n) is 7.18. The molecule has 2 aromatic rings. The van der Waals surface area contributed by atoms with Gasteiger partial charge in [-0.25, -0.2) is 0 Å². The molecular formula is C16H21N3O4. The Kier molecular flexibility index (Phi) is 5.46. The highest BCUT2D eigenvalue weighted by molar-refractivity contribution is 5.91. The van der Waals surface area contributed by atoms with Gasteiger partial charge in [0.15, 0.2) is 11.5 Å². The van der Waals surface area contributed by atoms with E-state index in [1.165, 1.54) is 21.3 Å². The number of hydrogen-bond donors (Lipinski definition) is 1. The molecule has 1 aromatic carbocycles. The van der Waals surface area contributed by atoms with E-state index in [0.717, 1.165) is 0 Å². The summed E-state index contributed by atoms with van der Waals surface area (Å²) in [4.78, 5) is 12.2. The molecular weight excluding hydrogens is 298 g/mol. The molecule has 0 fully saturated rings. The van der Waals surface area contributed by atoms with Gasteiger partial charge >= 0.3 is 0 Å². The highest BCUT2D eigenvalue weighted by atomic mass is 16.5. The van der Waals surface area contributed by atoms with Crippen LogP contribution in [0.3, 0.4) is 0 Å². The molecule has 0 saturated carbocycles. The predicted molar refractivity (Wildman–Crippen MR) is 86.3 cm³/mol. The maximum absolute atomic E-state index is 12.2. The van der Waals surface area contributed by atoms with Gasteiger partial charge in [0.25, 0.3) is 0 Å². The van der Waals surface area contributed by atoms with Crippen LogP contribution in [0.15, 0.2) is 30.6 Å².